The number of aromatic nitrogens is 3. The number of benzene rings is 2. The Morgan fingerprint density at radius 3 is 2.67 bits per heavy atom. The van der Waals surface area contributed by atoms with Gasteiger partial charge in [0.05, 0.1) is 24.2 Å². The second-order valence-electron chi connectivity index (χ2n) is 10.8. The first-order valence-electron chi connectivity index (χ1n) is 13.6. The van der Waals surface area contributed by atoms with E-state index in [0.717, 1.165) is 11.3 Å². The summed E-state index contributed by atoms with van der Waals surface area (Å²) in [5.41, 5.74) is 2.42. The van der Waals surface area contributed by atoms with Gasteiger partial charge in [-0.1, -0.05) is 29.5 Å². The maximum Gasteiger partial charge on any atom is 0.255 e. The van der Waals surface area contributed by atoms with Gasteiger partial charge in [-0.15, -0.1) is 0 Å². The van der Waals surface area contributed by atoms with Crippen molar-refractivity contribution in [3.63, 3.8) is 0 Å². The number of hydrogen-bond acceptors (Lipinski definition) is 9. The van der Waals surface area contributed by atoms with Crippen molar-refractivity contribution in [1.82, 2.24) is 19.9 Å². The van der Waals surface area contributed by atoms with E-state index in [1.807, 2.05) is 50.1 Å². The molecule has 2 aromatic heterocycles. The van der Waals surface area contributed by atoms with Crippen molar-refractivity contribution >= 4 is 56.0 Å². The quantitative estimate of drug-likeness (QED) is 0.286. The lowest BCUT2D eigenvalue weighted by atomic mass is 9.85. The topological polar surface area (TPSA) is 127 Å². The molecule has 0 spiro atoms. The summed E-state index contributed by atoms with van der Waals surface area (Å²) in [6, 6.07) is 16.6. The van der Waals surface area contributed by atoms with Gasteiger partial charge < -0.3 is 15.5 Å². The highest BCUT2D eigenvalue weighted by Gasteiger charge is 2.22. The number of carbonyl (C=O) groups excluding carboxylic acids is 2. The van der Waals surface area contributed by atoms with E-state index < -0.39 is 11.6 Å². The molecule has 0 bridgehead atoms. The molecule has 1 aliphatic heterocycles. The van der Waals surface area contributed by atoms with Gasteiger partial charge in [0.2, 0.25) is 11.9 Å². The summed E-state index contributed by atoms with van der Waals surface area (Å²) in [6.07, 6.45) is 1.72. The van der Waals surface area contributed by atoms with Gasteiger partial charge in [-0.3, -0.25) is 14.5 Å². The monoisotopic (exact) mass is 586 g/mol. The van der Waals surface area contributed by atoms with E-state index in [1.54, 1.807) is 35.4 Å². The molecule has 1 saturated heterocycles. The molecule has 216 valence electrons. The number of alkyl halides is 1. The van der Waals surface area contributed by atoms with Crippen molar-refractivity contribution in [3.05, 3.63) is 65.9 Å². The van der Waals surface area contributed by atoms with Crippen LogP contribution in [-0.4, -0.2) is 64.5 Å². The fourth-order valence-corrected chi connectivity index (χ4v) is 5.41. The maximum atomic E-state index is 13.4. The number of carbonyl (C=O) groups is 2. The minimum absolute atomic E-state index is 0.193. The van der Waals surface area contributed by atoms with Crippen molar-refractivity contribution in [2.75, 3.05) is 42.2 Å². The lowest BCUT2D eigenvalue weighted by molar-refractivity contribution is -0.117. The van der Waals surface area contributed by atoms with Gasteiger partial charge in [-0.05, 0) is 62.6 Å². The Bertz CT molecular complexity index is 1660. The third kappa shape index (κ3) is 6.70. The smallest absolute Gasteiger partial charge is 0.255 e. The maximum absolute atomic E-state index is 13.4. The van der Waals surface area contributed by atoms with E-state index >= 15 is 0 Å². The minimum atomic E-state index is -0.785. The average Bonchev–Trinajstić information content (AvgIpc) is 3.39. The molecular weight excluding hydrogens is 555 g/mol. The van der Waals surface area contributed by atoms with Gasteiger partial charge in [0, 0.05) is 37.1 Å². The van der Waals surface area contributed by atoms with E-state index in [0.29, 0.717) is 58.6 Å². The first-order chi connectivity index (χ1) is 20.1. The van der Waals surface area contributed by atoms with E-state index in [2.05, 4.69) is 31.7 Å². The van der Waals surface area contributed by atoms with E-state index in [-0.39, 0.29) is 18.4 Å². The largest absolute Gasteiger partial charge is 0.322 e. The zero-order valence-electron chi connectivity index (χ0n) is 23.6. The molecule has 0 radical (unpaired) electrons. The lowest BCUT2D eigenvalue weighted by Crippen LogP contribution is -2.39. The van der Waals surface area contributed by atoms with Crippen LogP contribution < -0.4 is 15.5 Å². The van der Waals surface area contributed by atoms with Crippen molar-refractivity contribution in [2.45, 2.75) is 38.3 Å². The van der Waals surface area contributed by atoms with Crippen LogP contribution >= 0.6 is 11.3 Å². The standard InChI is InChI=1S/C30H31FN8O2S/c1-30(2,18-32)20-7-4-6-19(14-20)26(41)34-22-8-5-9-23(15-22)38(3)28-33-16-24-27(37-28)42-29(35-24)36-25(40)17-39-12-10-21(31)11-13-39/h4-9,14-16,21H,10-13,17H2,1-3H3,(H,34,41)(H,35,36,40). The molecule has 12 heteroatoms. The summed E-state index contributed by atoms with van der Waals surface area (Å²) >= 11 is 1.25. The second kappa shape index (κ2) is 12.2. The minimum Gasteiger partial charge on any atom is -0.322 e. The number of nitriles is 1. The van der Waals surface area contributed by atoms with Gasteiger partial charge in [-0.25, -0.2) is 14.4 Å². The summed E-state index contributed by atoms with van der Waals surface area (Å²) in [7, 11) is 1.82. The molecule has 5 rings (SSSR count). The summed E-state index contributed by atoms with van der Waals surface area (Å²) in [5.74, 6) is -0.0572. The first kappa shape index (κ1) is 29.0. The van der Waals surface area contributed by atoms with Crippen molar-refractivity contribution in [2.24, 2.45) is 0 Å². The zero-order chi connectivity index (χ0) is 29.9. The molecule has 0 atom stereocenters. The summed E-state index contributed by atoms with van der Waals surface area (Å²) in [4.78, 5) is 43.4. The predicted molar refractivity (Wildman–Crippen MR) is 162 cm³/mol. The summed E-state index contributed by atoms with van der Waals surface area (Å²) in [5, 5.41) is 15.6. The number of fused-ring (bicyclic) bond motifs is 1. The molecule has 1 aliphatic rings. The molecule has 3 heterocycles. The lowest BCUT2D eigenvalue weighted by Gasteiger charge is -2.27. The van der Waals surface area contributed by atoms with Gasteiger partial charge in [0.15, 0.2) is 9.96 Å². The van der Waals surface area contributed by atoms with Crippen LogP contribution in [0.4, 0.5) is 26.8 Å². The molecule has 0 aliphatic carbocycles. The number of nitrogens with zero attached hydrogens (tertiary/aromatic N) is 6. The molecule has 1 fully saturated rings. The zero-order valence-corrected chi connectivity index (χ0v) is 24.4. The molecular formula is C30H31FN8O2S. The number of anilines is 4. The summed E-state index contributed by atoms with van der Waals surface area (Å²) < 4.78 is 13.4. The molecule has 4 aromatic rings. The Hall–Kier alpha value is -4.47. The van der Waals surface area contributed by atoms with E-state index in [1.165, 1.54) is 11.3 Å². The van der Waals surface area contributed by atoms with Gasteiger partial charge in [0.25, 0.3) is 5.91 Å². The number of hydrogen-bond donors (Lipinski definition) is 2. The van der Waals surface area contributed by atoms with E-state index in [9.17, 15) is 19.2 Å². The number of rotatable bonds is 8. The number of piperidine rings is 1. The van der Waals surface area contributed by atoms with Gasteiger partial charge in [0.1, 0.15) is 11.7 Å². The van der Waals surface area contributed by atoms with Crippen molar-refractivity contribution in [1.29, 1.82) is 5.26 Å². The highest BCUT2D eigenvalue weighted by atomic mass is 32.1. The first-order valence-corrected chi connectivity index (χ1v) is 14.4. The van der Waals surface area contributed by atoms with Crippen LogP contribution in [0.25, 0.3) is 10.3 Å². The molecule has 2 aromatic carbocycles. The van der Waals surface area contributed by atoms with Gasteiger partial charge in [-0.2, -0.15) is 10.2 Å². The Morgan fingerprint density at radius 1 is 1.14 bits per heavy atom. The van der Waals surface area contributed by atoms with Crippen LogP contribution in [0, 0.1) is 11.3 Å². The molecule has 42 heavy (non-hydrogen) atoms. The number of amides is 2. The second-order valence-corrected chi connectivity index (χ2v) is 11.7. The fraction of sp³-hybridized carbons (Fsp3) is 0.333. The Kier molecular flexibility index (Phi) is 8.42. The number of thiazole rings is 1. The van der Waals surface area contributed by atoms with Crippen LogP contribution in [-0.2, 0) is 10.2 Å². The normalized spacial score (nSPS) is 14.4. The van der Waals surface area contributed by atoms with Crippen LogP contribution in [0.5, 0.6) is 0 Å². The predicted octanol–water partition coefficient (Wildman–Crippen LogP) is 5.28. The highest BCUT2D eigenvalue weighted by molar-refractivity contribution is 7.21. The third-order valence-corrected chi connectivity index (χ3v) is 8.07. The summed E-state index contributed by atoms with van der Waals surface area (Å²) in [6.45, 7) is 4.94. The van der Waals surface area contributed by atoms with Crippen molar-refractivity contribution < 1.29 is 14.0 Å². The Morgan fingerprint density at radius 2 is 1.90 bits per heavy atom. The van der Waals surface area contributed by atoms with Crippen LogP contribution in [0.3, 0.4) is 0 Å². The Balaban J connectivity index is 1.26. The Labute approximate surface area is 247 Å². The van der Waals surface area contributed by atoms with Crippen LogP contribution in [0.2, 0.25) is 0 Å². The fourth-order valence-electron chi connectivity index (χ4n) is 4.59. The third-order valence-electron chi connectivity index (χ3n) is 7.19. The molecule has 0 unspecified atom stereocenters. The number of nitrogens with one attached hydrogen (secondary N) is 2. The van der Waals surface area contributed by atoms with Crippen LogP contribution in [0.15, 0.2) is 54.7 Å². The van der Waals surface area contributed by atoms with Crippen LogP contribution in [0.1, 0.15) is 42.6 Å². The van der Waals surface area contributed by atoms with E-state index in [4.69, 9.17) is 0 Å². The van der Waals surface area contributed by atoms with Crippen molar-refractivity contribution in [3.8, 4) is 6.07 Å². The number of halogens is 1. The highest BCUT2D eigenvalue weighted by Crippen LogP contribution is 2.29. The van der Waals surface area contributed by atoms with Gasteiger partial charge >= 0.3 is 0 Å². The molecule has 2 amide bonds. The molecule has 10 nitrogen and oxygen atoms in total. The molecule has 2 N–H and O–H groups in total. The SMILES string of the molecule is CN(c1cccc(NC(=O)c2cccc(C(C)(C)C#N)c2)c1)c1ncc2nc(NC(=O)CN3CCC(F)CC3)sc2n1. The molecule has 0 saturated carbocycles. The average molecular weight is 587 g/mol. The number of likely N-dealkylation sites (tertiary alicyclic amines) is 1.